The van der Waals surface area contributed by atoms with Gasteiger partial charge in [-0.3, -0.25) is 0 Å². The van der Waals surface area contributed by atoms with Crippen molar-refractivity contribution in [2.75, 3.05) is 0 Å². The zero-order valence-electron chi connectivity index (χ0n) is 21.8. The smallest absolute Gasteiger partial charge is 0.226 e. The van der Waals surface area contributed by atoms with E-state index in [2.05, 4.69) is 31.7 Å². The lowest BCUT2D eigenvalue weighted by atomic mass is 9.62. The number of aliphatic hydroxyl groups excluding tert-OH is 1. The Kier molecular flexibility index (Phi) is 7.61. The van der Waals surface area contributed by atoms with Gasteiger partial charge in [-0.15, -0.1) is 0 Å². The molecule has 0 saturated heterocycles. The van der Waals surface area contributed by atoms with Gasteiger partial charge in [-0.25, -0.2) is 12.8 Å². The number of halogens is 1. The number of sulfone groups is 1. The minimum atomic E-state index is -3.98. The summed E-state index contributed by atoms with van der Waals surface area (Å²) in [5.41, 5.74) is 4.99. The number of fused-ring (bicyclic) bond motifs is 1. The lowest BCUT2D eigenvalue weighted by Crippen LogP contribution is -2.41. The second kappa shape index (κ2) is 9.54. The van der Waals surface area contributed by atoms with Crippen molar-refractivity contribution in [3.63, 3.8) is 0 Å². The van der Waals surface area contributed by atoms with Crippen molar-refractivity contribution in [3.8, 4) is 0 Å². The van der Waals surface area contributed by atoms with E-state index in [-0.39, 0.29) is 17.4 Å². The van der Waals surface area contributed by atoms with Crippen LogP contribution in [0.1, 0.15) is 86.5 Å². The van der Waals surface area contributed by atoms with Gasteiger partial charge in [0, 0.05) is 0 Å². The number of hydrogen-bond donors (Lipinski definition) is 1. The van der Waals surface area contributed by atoms with Gasteiger partial charge in [0.25, 0.3) is 0 Å². The summed E-state index contributed by atoms with van der Waals surface area (Å²) in [6, 6.07) is 0. The molecular formula is C29H43FO3S. The molecule has 0 bridgehead atoms. The SMILES string of the molecule is C=C1CC[C@H](O)C/C1=C/C=C1\CCCC2(C)C([C@H](C)/C=C/C(C)(F)S(=O)(=O)C(C)(C)C)=CC[C@@H]12. The first-order valence-corrected chi connectivity index (χ1v) is 14.2. The number of rotatable bonds is 5. The first-order chi connectivity index (χ1) is 15.6. The molecule has 190 valence electrons. The molecule has 0 amide bonds. The Morgan fingerprint density at radius 1 is 1.24 bits per heavy atom. The van der Waals surface area contributed by atoms with Crippen molar-refractivity contribution < 1.29 is 17.9 Å². The second-order valence-corrected chi connectivity index (χ2v) is 14.9. The number of hydrogen-bond acceptors (Lipinski definition) is 3. The van der Waals surface area contributed by atoms with Crippen molar-refractivity contribution in [2.24, 2.45) is 17.3 Å². The first kappa shape index (κ1) is 27.1. The van der Waals surface area contributed by atoms with Gasteiger partial charge < -0.3 is 5.11 Å². The zero-order chi connectivity index (χ0) is 25.5. The van der Waals surface area contributed by atoms with Crippen molar-refractivity contribution in [3.05, 3.63) is 59.3 Å². The minimum absolute atomic E-state index is 0.00888. The van der Waals surface area contributed by atoms with E-state index in [1.54, 1.807) is 6.08 Å². The molecule has 5 heteroatoms. The fraction of sp³-hybridized carbons (Fsp3) is 0.655. The molecule has 3 aliphatic carbocycles. The fourth-order valence-corrected chi connectivity index (χ4v) is 7.52. The van der Waals surface area contributed by atoms with Crippen LogP contribution in [-0.2, 0) is 9.84 Å². The zero-order valence-corrected chi connectivity index (χ0v) is 22.6. The molecule has 2 fully saturated rings. The maximum absolute atomic E-state index is 15.3. The molecule has 3 nitrogen and oxygen atoms in total. The molecule has 2 saturated carbocycles. The van der Waals surface area contributed by atoms with E-state index < -0.39 is 19.6 Å². The summed E-state index contributed by atoms with van der Waals surface area (Å²) in [7, 11) is -3.98. The van der Waals surface area contributed by atoms with Crippen molar-refractivity contribution in [2.45, 2.75) is 102 Å². The van der Waals surface area contributed by atoms with Gasteiger partial charge in [-0.1, -0.05) is 61.4 Å². The van der Waals surface area contributed by atoms with Crippen LogP contribution < -0.4 is 0 Å². The Labute approximate surface area is 206 Å². The quantitative estimate of drug-likeness (QED) is 0.416. The van der Waals surface area contributed by atoms with Crippen molar-refractivity contribution >= 4 is 9.84 Å². The molecule has 0 heterocycles. The molecule has 0 aromatic heterocycles. The third-order valence-electron chi connectivity index (χ3n) is 8.30. The highest BCUT2D eigenvalue weighted by molar-refractivity contribution is 7.94. The third-order valence-corrected chi connectivity index (χ3v) is 11.1. The summed E-state index contributed by atoms with van der Waals surface area (Å²) >= 11 is 0. The molecule has 2 unspecified atom stereocenters. The highest BCUT2D eigenvalue weighted by atomic mass is 32.2. The Morgan fingerprint density at radius 3 is 2.56 bits per heavy atom. The Bertz CT molecular complexity index is 1040. The van der Waals surface area contributed by atoms with Gasteiger partial charge in [0.2, 0.25) is 5.00 Å². The van der Waals surface area contributed by atoms with E-state index in [1.165, 1.54) is 38.0 Å². The summed E-state index contributed by atoms with van der Waals surface area (Å²) < 4.78 is 39.6. The number of aliphatic hydroxyl groups is 1. The number of alkyl halides is 1. The van der Waals surface area contributed by atoms with Crippen LogP contribution in [0.2, 0.25) is 0 Å². The first-order valence-electron chi connectivity index (χ1n) is 12.7. The average Bonchev–Trinajstić information content (AvgIpc) is 3.09. The van der Waals surface area contributed by atoms with Crippen LogP contribution in [0.3, 0.4) is 0 Å². The summed E-state index contributed by atoms with van der Waals surface area (Å²) in [5.74, 6) is 0.368. The molecule has 0 radical (unpaired) electrons. The van der Waals surface area contributed by atoms with Gasteiger partial charge >= 0.3 is 0 Å². The Morgan fingerprint density at radius 2 is 1.91 bits per heavy atom. The monoisotopic (exact) mass is 490 g/mol. The predicted octanol–water partition coefficient (Wildman–Crippen LogP) is 7.17. The maximum atomic E-state index is 15.3. The van der Waals surface area contributed by atoms with Gasteiger partial charge in [0.15, 0.2) is 9.84 Å². The Balaban J connectivity index is 1.80. The van der Waals surface area contributed by atoms with E-state index in [0.717, 1.165) is 56.6 Å². The normalized spacial score (nSPS) is 33.8. The molecular weight excluding hydrogens is 447 g/mol. The molecule has 3 rings (SSSR count). The summed E-state index contributed by atoms with van der Waals surface area (Å²) in [4.78, 5) is 0. The maximum Gasteiger partial charge on any atom is 0.226 e. The lowest BCUT2D eigenvalue weighted by molar-refractivity contribution is 0.158. The van der Waals surface area contributed by atoms with Gasteiger partial charge in [-0.2, -0.15) is 0 Å². The van der Waals surface area contributed by atoms with E-state index in [4.69, 9.17) is 0 Å². The topological polar surface area (TPSA) is 54.4 Å². The van der Waals surface area contributed by atoms with Crippen LogP contribution in [-0.4, -0.2) is 29.4 Å². The van der Waals surface area contributed by atoms with Crippen LogP contribution >= 0.6 is 0 Å². The molecule has 5 atom stereocenters. The minimum Gasteiger partial charge on any atom is -0.393 e. The molecule has 0 aromatic rings. The van der Waals surface area contributed by atoms with E-state index in [1.807, 2.05) is 6.92 Å². The van der Waals surface area contributed by atoms with Crippen molar-refractivity contribution in [1.29, 1.82) is 0 Å². The standard InChI is InChI=1S/C29H43FO3S/c1-20-10-13-24(31)19-23(20)12-11-22-9-8-17-28(6)25(14-15-26(22)28)21(2)16-18-29(7,30)34(32,33)27(3,4)5/h11-12,14,16,18,21,24,26,31H,1,8-10,13,15,17,19H2,2-7H3/b18-16+,22-11+,23-12-/t21-,24+,26+,28?,29?/m1/s1. The molecule has 0 aromatic carbocycles. The van der Waals surface area contributed by atoms with Crippen LogP contribution in [0, 0.1) is 17.3 Å². The molecule has 0 aliphatic heterocycles. The van der Waals surface area contributed by atoms with Gasteiger partial charge in [0.1, 0.15) is 0 Å². The molecule has 3 aliphatic rings. The third kappa shape index (κ3) is 5.06. The van der Waals surface area contributed by atoms with E-state index in [9.17, 15) is 13.5 Å². The summed E-state index contributed by atoms with van der Waals surface area (Å²) in [6.07, 6.45) is 16.0. The fourth-order valence-electron chi connectivity index (χ4n) is 6.06. The Hall–Kier alpha value is -1.46. The lowest BCUT2D eigenvalue weighted by Gasteiger charge is -2.42. The van der Waals surface area contributed by atoms with Crippen LogP contribution in [0.5, 0.6) is 0 Å². The number of allylic oxidation sites excluding steroid dienone is 7. The van der Waals surface area contributed by atoms with Crippen molar-refractivity contribution in [1.82, 2.24) is 0 Å². The van der Waals surface area contributed by atoms with E-state index in [0.29, 0.717) is 12.3 Å². The van der Waals surface area contributed by atoms with Gasteiger partial charge in [-0.05, 0) is 102 Å². The van der Waals surface area contributed by atoms with E-state index >= 15 is 4.39 Å². The molecule has 0 spiro atoms. The van der Waals surface area contributed by atoms with Crippen LogP contribution in [0.25, 0.3) is 0 Å². The average molecular weight is 491 g/mol. The molecule has 34 heavy (non-hydrogen) atoms. The highest BCUT2D eigenvalue weighted by Crippen LogP contribution is 2.56. The van der Waals surface area contributed by atoms with Crippen LogP contribution in [0.15, 0.2) is 59.3 Å². The van der Waals surface area contributed by atoms with Gasteiger partial charge in [0.05, 0.1) is 10.9 Å². The second-order valence-electron chi connectivity index (χ2n) is 11.9. The van der Waals surface area contributed by atoms with Crippen LogP contribution in [0.4, 0.5) is 4.39 Å². The summed E-state index contributed by atoms with van der Waals surface area (Å²) in [5, 5.41) is 7.64. The molecule has 1 N–H and O–H groups in total. The summed E-state index contributed by atoms with van der Waals surface area (Å²) in [6.45, 7) is 14.3. The predicted molar refractivity (Wildman–Crippen MR) is 140 cm³/mol. The highest BCUT2D eigenvalue weighted by Gasteiger charge is 2.47. The largest absolute Gasteiger partial charge is 0.393 e.